The highest BCUT2D eigenvalue weighted by Gasteiger charge is 2.13. The smallest absolute Gasteiger partial charge is 0.253 e. The molecule has 5 heteroatoms. The number of nitrogen functional groups attached to an aromatic ring is 1. The van der Waals surface area contributed by atoms with E-state index >= 15 is 0 Å². The standard InChI is InChI=1S/C16H17FN2O2/c1-19(9-10-21-13-5-3-2-4-6-13)16(20)12-7-8-15(18)14(17)11-12/h2-8,11H,9-10,18H2,1H3. The molecule has 0 spiro atoms. The maximum absolute atomic E-state index is 13.4. The van der Waals surface area contributed by atoms with Gasteiger partial charge in [0.05, 0.1) is 12.2 Å². The van der Waals surface area contributed by atoms with Gasteiger partial charge in [0.2, 0.25) is 0 Å². The molecule has 0 aliphatic heterocycles. The SMILES string of the molecule is CN(CCOc1ccccc1)C(=O)c1ccc(N)c(F)c1. The predicted molar refractivity (Wildman–Crippen MR) is 79.7 cm³/mol. The molecule has 0 unspecified atom stereocenters. The van der Waals surface area contributed by atoms with Crippen molar-refractivity contribution in [2.45, 2.75) is 0 Å². The second-order valence-corrected chi connectivity index (χ2v) is 4.62. The van der Waals surface area contributed by atoms with Gasteiger partial charge in [-0.15, -0.1) is 0 Å². The van der Waals surface area contributed by atoms with E-state index in [0.717, 1.165) is 11.8 Å². The highest BCUT2D eigenvalue weighted by Crippen LogP contribution is 2.13. The highest BCUT2D eigenvalue weighted by molar-refractivity contribution is 5.94. The summed E-state index contributed by atoms with van der Waals surface area (Å²) in [5, 5.41) is 0. The van der Waals surface area contributed by atoms with Crippen LogP contribution in [0.1, 0.15) is 10.4 Å². The maximum atomic E-state index is 13.4. The van der Waals surface area contributed by atoms with E-state index in [1.165, 1.54) is 17.0 Å². The number of nitrogens with two attached hydrogens (primary N) is 1. The number of nitrogens with zero attached hydrogens (tertiary/aromatic N) is 1. The van der Waals surface area contributed by atoms with Crippen molar-refractivity contribution in [3.63, 3.8) is 0 Å². The van der Waals surface area contributed by atoms with E-state index in [4.69, 9.17) is 10.5 Å². The molecule has 2 aromatic carbocycles. The summed E-state index contributed by atoms with van der Waals surface area (Å²) in [6.45, 7) is 0.767. The monoisotopic (exact) mass is 288 g/mol. The average Bonchev–Trinajstić information content (AvgIpc) is 2.50. The molecule has 0 aliphatic carbocycles. The topological polar surface area (TPSA) is 55.6 Å². The molecule has 0 saturated heterocycles. The fourth-order valence-corrected chi connectivity index (χ4v) is 1.80. The van der Waals surface area contributed by atoms with E-state index in [1.54, 1.807) is 7.05 Å². The lowest BCUT2D eigenvalue weighted by molar-refractivity contribution is 0.0773. The molecule has 2 rings (SSSR count). The molecular weight excluding hydrogens is 271 g/mol. The Balaban J connectivity index is 1.89. The van der Waals surface area contributed by atoms with Crippen molar-refractivity contribution in [3.8, 4) is 5.75 Å². The van der Waals surface area contributed by atoms with Crippen molar-refractivity contribution in [2.75, 3.05) is 25.9 Å². The number of carbonyl (C=O) groups is 1. The predicted octanol–water partition coefficient (Wildman–Crippen LogP) is 2.56. The summed E-state index contributed by atoms with van der Waals surface area (Å²) in [7, 11) is 1.64. The Labute approximate surface area is 122 Å². The summed E-state index contributed by atoms with van der Waals surface area (Å²) in [5.74, 6) is -0.114. The van der Waals surface area contributed by atoms with Gasteiger partial charge in [-0.3, -0.25) is 4.79 Å². The van der Waals surface area contributed by atoms with Gasteiger partial charge in [0.15, 0.2) is 0 Å². The average molecular weight is 288 g/mol. The number of carbonyl (C=O) groups excluding carboxylic acids is 1. The summed E-state index contributed by atoms with van der Waals surface area (Å²) in [6.07, 6.45) is 0. The van der Waals surface area contributed by atoms with E-state index < -0.39 is 5.82 Å². The third-order valence-electron chi connectivity index (χ3n) is 3.03. The van der Waals surface area contributed by atoms with Crippen LogP contribution in [0.2, 0.25) is 0 Å². The number of rotatable bonds is 5. The minimum Gasteiger partial charge on any atom is -0.492 e. The van der Waals surface area contributed by atoms with Gasteiger partial charge in [0, 0.05) is 12.6 Å². The van der Waals surface area contributed by atoms with Gasteiger partial charge in [-0.2, -0.15) is 0 Å². The first kappa shape index (κ1) is 14.8. The molecule has 0 saturated carbocycles. The molecular formula is C16H17FN2O2. The van der Waals surface area contributed by atoms with Gasteiger partial charge >= 0.3 is 0 Å². The van der Waals surface area contributed by atoms with Crippen LogP contribution in [0.4, 0.5) is 10.1 Å². The third kappa shape index (κ3) is 3.95. The number of para-hydroxylation sites is 1. The number of hydrogen-bond acceptors (Lipinski definition) is 3. The number of likely N-dealkylation sites (N-methyl/N-ethyl adjacent to an activating group) is 1. The van der Waals surface area contributed by atoms with Crippen LogP contribution in [0.25, 0.3) is 0 Å². The number of hydrogen-bond donors (Lipinski definition) is 1. The van der Waals surface area contributed by atoms with Crippen molar-refractivity contribution in [1.82, 2.24) is 4.90 Å². The number of benzene rings is 2. The van der Waals surface area contributed by atoms with E-state index in [1.807, 2.05) is 30.3 Å². The van der Waals surface area contributed by atoms with E-state index in [-0.39, 0.29) is 17.2 Å². The minimum atomic E-state index is -0.588. The molecule has 2 N–H and O–H groups in total. The number of amides is 1. The van der Waals surface area contributed by atoms with Crippen LogP contribution in [-0.4, -0.2) is 31.0 Å². The van der Waals surface area contributed by atoms with Crippen molar-refractivity contribution in [1.29, 1.82) is 0 Å². The van der Waals surface area contributed by atoms with Gasteiger partial charge in [0.1, 0.15) is 18.2 Å². The Kier molecular flexibility index (Phi) is 4.77. The number of halogens is 1. The zero-order valence-electron chi connectivity index (χ0n) is 11.8. The molecule has 2 aromatic rings. The van der Waals surface area contributed by atoms with Crippen LogP contribution in [0.3, 0.4) is 0 Å². The van der Waals surface area contributed by atoms with Gasteiger partial charge in [0.25, 0.3) is 5.91 Å². The lowest BCUT2D eigenvalue weighted by Crippen LogP contribution is -2.31. The van der Waals surface area contributed by atoms with Gasteiger partial charge in [-0.25, -0.2) is 4.39 Å². The Morgan fingerprint density at radius 3 is 2.62 bits per heavy atom. The zero-order valence-corrected chi connectivity index (χ0v) is 11.8. The molecule has 4 nitrogen and oxygen atoms in total. The molecule has 0 fully saturated rings. The van der Waals surface area contributed by atoms with Crippen LogP contribution in [-0.2, 0) is 0 Å². The summed E-state index contributed by atoms with van der Waals surface area (Å²) in [5.41, 5.74) is 5.69. The molecule has 0 radical (unpaired) electrons. The summed E-state index contributed by atoms with van der Waals surface area (Å²) < 4.78 is 18.9. The fourth-order valence-electron chi connectivity index (χ4n) is 1.80. The van der Waals surface area contributed by atoms with Gasteiger partial charge < -0.3 is 15.4 Å². The molecule has 0 atom stereocenters. The maximum Gasteiger partial charge on any atom is 0.253 e. The van der Waals surface area contributed by atoms with E-state index in [0.29, 0.717) is 13.2 Å². The van der Waals surface area contributed by atoms with Crippen molar-refractivity contribution < 1.29 is 13.9 Å². The van der Waals surface area contributed by atoms with Crippen molar-refractivity contribution >= 4 is 11.6 Å². The summed E-state index contributed by atoms with van der Waals surface area (Å²) in [6, 6.07) is 13.4. The molecule has 0 aliphatic rings. The quantitative estimate of drug-likeness (QED) is 0.860. The lowest BCUT2D eigenvalue weighted by atomic mass is 10.2. The normalized spacial score (nSPS) is 10.2. The second-order valence-electron chi connectivity index (χ2n) is 4.62. The number of ether oxygens (including phenoxy) is 1. The Morgan fingerprint density at radius 2 is 1.95 bits per heavy atom. The fraction of sp³-hybridized carbons (Fsp3) is 0.188. The zero-order chi connectivity index (χ0) is 15.2. The van der Waals surface area contributed by atoms with E-state index in [2.05, 4.69) is 0 Å². The summed E-state index contributed by atoms with van der Waals surface area (Å²) in [4.78, 5) is 13.6. The van der Waals surface area contributed by atoms with Crippen molar-refractivity contribution in [3.05, 3.63) is 59.9 Å². The van der Waals surface area contributed by atoms with Crippen LogP contribution < -0.4 is 10.5 Å². The first-order chi connectivity index (χ1) is 10.1. The molecule has 0 aromatic heterocycles. The molecule has 1 amide bonds. The second kappa shape index (κ2) is 6.74. The van der Waals surface area contributed by atoms with Crippen LogP contribution in [0, 0.1) is 5.82 Å². The third-order valence-corrected chi connectivity index (χ3v) is 3.03. The molecule has 0 bridgehead atoms. The summed E-state index contributed by atoms with van der Waals surface area (Å²) >= 11 is 0. The largest absolute Gasteiger partial charge is 0.492 e. The Bertz CT molecular complexity index is 617. The molecule has 110 valence electrons. The van der Waals surface area contributed by atoms with E-state index in [9.17, 15) is 9.18 Å². The van der Waals surface area contributed by atoms with Crippen LogP contribution >= 0.6 is 0 Å². The van der Waals surface area contributed by atoms with Crippen LogP contribution in [0.5, 0.6) is 5.75 Å². The lowest BCUT2D eigenvalue weighted by Gasteiger charge is -2.17. The van der Waals surface area contributed by atoms with Crippen molar-refractivity contribution in [2.24, 2.45) is 0 Å². The first-order valence-electron chi connectivity index (χ1n) is 6.56. The molecule has 0 heterocycles. The molecule has 21 heavy (non-hydrogen) atoms. The van der Waals surface area contributed by atoms with Crippen LogP contribution in [0.15, 0.2) is 48.5 Å². The Hall–Kier alpha value is -2.56. The van der Waals surface area contributed by atoms with Gasteiger partial charge in [-0.05, 0) is 30.3 Å². The number of anilines is 1. The first-order valence-corrected chi connectivity index (χ1v) is 6.56. The van der Waals surface area contributed by atoms with Gasteiger partial charge in [-0.1, -0.05) is 18.2 Å². The minimum absolute atomic E-state index is 0.0293. The Morgan fingerprint density at radius 1 is 1.24 bits per heavy atom. The highest BCUT2D eigenvalue weighted by atomic mass is 19.1.